The monoisotopic (exact) mass is 594 g/mol. The van der Waals surface area contributed by atoms with Gasteiger partial charge in [-0.3, -0.25) is 9.59 Å². The molecule has 44 heavy (non-hydrogen) atoms. The molecule has 0 radical (unpaired) electrons. The highest BCUT2D eigenvalue weighted by Gasteiger charge is 2.47. The quantitative estimate of drug-likeness (QED) is 0.342. The Morgan fingerprint density at radius 3 is 2.48 bits per heavy atom. The first-order chi connectivity index (χ1) is 21.3. The first-order valence-electron chi connectivity index (χ1n) is 16.3. The highest BCUT2D eigenvalue weighted by molar-refractivity contribution is 6.00. The van der Waals surface area contributed by atoms with E-state index in [1.807, 2.05) is 29.0 Å². The molecule has 2 aromatic carbocycles. The number of methoxy groups -OCH3 is 1. The van der Waals surface area contributed by atoms with E-state index in [0.717, 1.165) is 74.4 Å². The normalized spacial score (nSPS) is 23.8. The van der Waals surface area contributed by atoms with Gasteiger partial charge in [0.05, 0.1) is 18.3 Å². The summed E-state index contributed by atoms with van der Waals surface area (Å²) in [5.41, 5.74) is 12.4. The van der Waals surface area contributed by atoms with Gasteiger partial charge in [0.15, 0.2) is 5.82 Å². The van der Waals surface area contributed by atoms with Gasteiger partial charge < -0.3 is 29.4 Å². The van der Waals surface area contributed by atoms with Crippen molar-refractivity contribution in [3.8, 4) is 17.3 Å². The van der Waals surface area contributed by atoms with Crippen molar-refractivity contribution in [1.29, 1.82) is 0 Å². The molecule has 230 valence electrons. The number of hydrogen-bond donors (Lipinski definition) is 1. The van der Waals surface area contributed by atoms with Crippen molar-refractivity contribution >= 4 is 33.8 Å². The van der Waals surface area contributed by atoms with E-state index in [1.54, 1.807) is 14.0 Å². The average Bonchev–Trinajstić information content (AvgIpc) is 3.44. The van der Waals surface area contributed by atoms with Crippen molar-refractivity contribution < 1.29 is 14.3 Å². The van der Waals surface area contributed by atoms with E-state index in [2.05, 4.69) is 33.4 Å². The summed E-state index contributed by atoms with van der Waals surface area (Å²) in [4.78, 5) is 34.7. The average molecular weight is 595 g/mol. The molecule has 9 nitrogen and oxygen atoms in total. The molecule has 4 aromatic rings. The lowest BCUT2D eigenvalue weighted by Crippen LogP contribution is -2.41. The number of nitrogens with two attached hydrogens (primary N) is 1. The first-order valence-corrected chi connectivity index (χ1v) is 16.3. The molecule has 2 aromatic heterocycles. The minimum atomic E-state index is 0.0181. The highest BCUT2D eigenvalue weighted by atomic mass is 16.5. The molecule has 4 aliphatic rings. The molecule has 4 fully saturated rings. The SMILES string of the molecule is COc1cc(C(=O)N2C[C@H]3CC[C@@H]2[C@@H]3N)cc2nc(-c3cc4ccc(C5CCN(C(C)=O)CC5)cc4n3CC3CC3)n(C)c12. The third-order valence-electron chi connectivity index (χ3n) is 11.0. The van der Waals surface area contributed by atoms with Crippen LogP contribution in [0.3, 0.4) is 0 Å². The van der Waals surface area contributed by atoms with Gasteiger partial charge in [-0.2, -0.15) is 0 Å². The minimum Gasteiger partial charge on any atom is -0.494 e. The fourth-order valence-corrected chi connectivity index (χ4v) is 8.26. The topological polar surface area (TPSA) is 98.6 Å². The Hall–Kier alpha value is -3.85. The largest absolute Gasteiger partial charge is 0.494 e. The summed E-state index contributed by atoms with van der Waals surface area (Å²) >= 11 is 0. The molecular formula is C35H42N6O3. The van der Waals surface area contributed by atoms with Crippen molar-refractivity contribution in [2.24, 2.45) is 24.6 Å². The van der Waals surface area contributed by atoms with Crippen LogP contribution >= 0.6 is 0 Å². The van der Waals surface area contributed by atoms with E-state index < -0.39 is 0 Å². The number of aryl methyl sites for hydroxylation is 1. The van der Waals surface area contributed by atoms with Gasteiger partial charge in [0.25, 0.3) is 5.91 Å². The Kier molecular flexibility index (Phi) is 6.52. The number of amides is 2. The number of benzene rings is 2. The van der Waals surface area contributed by atoms with Crippen molar-refractivity contribution in [2.45, 2.75) is 70.0 Å². The minimum absolute atomic E-state index is 0.0181. The number of hydrogen-bond acceptors (Lipinski definition) is 5. The van der Waals surface area contributed by atoms with Gasteiger partial charge in [-0.1, -0.05) is 12.1 Å². The van der Waals surface area contributed by atoms with E-state index in [-0.39, 0.29) is 23.9 Å². The Bertz CT molecular complexity index is 1790. The van der Waals surface area contributed by atoms with Gasteiger partial charge >= 0.3 is 0 Å². The zero-order chi connectivity index (χ0) is 30.3. The molecule has 2 aliphatic carbocycles. The van der Waals surface area contributed by atoms with Crippen LogP contribution in [0, 0.1) is 11.8 Å². The van der Waals surface area contributed by atoms with Gasteiger partial charge in [0.1, 0.15) is 11.3 Å². The molecule has 2 saturated heterocycles. The van der Waals surface area contributed by atoms with Crippen molar-refractivity contribution in [3.05, 3.63) is 47.5 Å². The summed E-state index contributed by atoms with van der Waals surface area (Å²) < 4.78 is 10.5. The number of aromatic nitrogens is 3. The van der Waals surface area contributed by atoms with Gasteiger partial charge in [-0.05, 0) is 86.1 Å². The predicted molar refractivity (Wildman–Crippen MR) is 171 cm³/mol. The fraction of sp³-hybridized carbons (Fsp3) is 0.514. The maximum Gasteiger partial charge on any atom is 0.254 e. The van der Waals surface area contributed by atoms with Crippen LogP contribution in [0.2, 0.25) is 0 Å². The summed E-state index contributed by atoms with van der Waals surface area (Å²) in [6, 6.07) is 13.2. The molecule has 3 atom stereocenters. The van der Waals surface area contributed by atoms with Crippen molar-refractivity contribution in [3.63, 3.8) is 0 Å². The van der Waals surface area contributed by atoms with Crippen LogP contribution in [0.4, 0.5) is 0 Å². The van der Waals surface area contributed by atoms with Crippen LogP contribution < -0.4 is 10.5 Å². The van der Waals surface area contributed by atoms with Gasteiger partial charge in [-0.15, -0.1) is 0 Å². The first kappa shape index (κ1) is 27.7. The van der Waals surface area contributed by atoms with Gasteiger partial charge in [0.2, 0.25) is 5.91 Å². The maximum atomic E-state index is 13.7. The molecule has 2 amide bonds. The maximum absolute atomic E-state index is 13.7. The van der Waals surface area contributed by atoms with E-state index in [0.29, 0.717) is 29.1 Å². The molecule has 2 saturated carbocycles. The van der Waals surface area contributed by atoms with E-state index >= 15 is 0 Å². The Labute approximate surface area is 257 Å². The number of fused-ring (bicyclic) bond motifs is 4. The lowest BCUT2D eigenvalue weighted by Gasteiger charge is -2.31. The molecular weight excluding hydrogens is 552 g/mol. The Morgan fingerprint density at radius 1 is 1.02 bits per heavy atom. The predicted octanol–water partition coefficient (Wildman–Crippen LogP) is 4.90. The number of imidazole rings is 1. The van der Waals surface area contributed by atoms with E-state index in [9.17, 15) is 9.59 Å². The number of carbonyl (C=O) groups excluding carboxylic acids is 2. The molecule has 2 N–H and O–H groups in total. The molecule has 0 spiro atoms. The number of likely N-dealkylation sites (tertiary alicyclic amines) is 2. The second-order valence-corrected chi connectivity index (χ2v) is 13.7. The van der Waals surface area contributed by atoms with Crippen LogP contribution in [0.15, 0.2) is 36.4 Å². The van der Waals surface area contributed by atoms with E-state index in [4.69, 9.17) is 15.5 Å². The molecule has 4 heterocycles. The van der Waals surface area contributed by atoms with Crippen LogP contribution in [0.5, 0.6) is 5.75 Å². The van der Waals surface area contributed by atoms with Crippen LogP contribution in [0.1, 0.15) is 67.3 Å². The third-order valence-corrected chi connectivity index (χ3v) is 11.0. The second kappa shape index (κ2) is 10.4. The third kappa shape index (κ3) is 4.42. The molecule has 8 rings (SSSR count). The lowest BCUT2D eigenvalue weighted by atomic mass is 9.89. The highest BCUT2D eigenvalue weighted by Crippen LogP contribution is 2.41. The lowest BCUT2D eigenvalue weighted by molar-refractivity contribution is -0.129. The number of nitrogens with zero attached hydrogens (tertiary/aromatic N) is 5. The number of rotatable bonds is 6. The zero-order valence-corrected chi connectivity index (χ0v) is 26.0. The summed E-state index contributed by atoms with van der Waals surface area (Å²) in [7, 11) is 3.70. The van der Waals surface area contributed by atoms with Crippen LogP contribution in [0.25, 0.3) is 33.5 Å². The zero-order valence-electron chi connectivity index (χ0n) is 26.0. The summed E-state index contributed by atoms with van der Waals surface area (Å²) in [6.07, 6.45) is 6.60. The summed E-state index contributed by atoms with van der Waals surface area (Å²) in [5, 5.41) is 1.21. The second-order valence-electron chi connectivity index (χ2n) is 13.7. The molecule has 9 heteroatoms. The molecule has 2 bridgehead atoms. The van der Waals surface area contributed by atoms with Gasteiger partial charge in [0, 0.05) is 68.7 Å². The summed E-state index contributed by atoms with van der Waals surface area (Å²) in [5.74, 6) is 3.26. The fourth-order valence-electron chi connectivity index (χ4n) is 8.26. The molecule has 2 aliphatic heterocycles. The number of piperidine rings is 2. The molecule has 0 unspecified atom stereocenters. The Morgan fingerprint density at radius 2 is 1.82 bits per heavy atom. The number of ether oxygens (including phenoxy) is 1. The van der Waals surface area contributed by atoms with Gasteiger partial charge in [-0.25, -0.2) is 4.98 Å². The van der Waals surface area contributed by atoms with Crippen LogP contribution in [-0.2, 0) is 18.4 Å². The van der Waals surface area contributed by atoms with Crippen LogP contribution in [-0.4, -0.2) is 74.6 Å². The Balaban J connectivity index is 1.18. The smallest absolute Gasteiger partial charge is 0.254 e. The van der Waals surface area contributed by atoms with E-state index in [1.165, 1.54) is 29.3 Å². The number of carbonyl (C=O) groups is 2. The standard InChI is InChI=1S/C35H42N6O3/c1-20(42)39-12-10-22(11-13-39)23-6-7-24-16-30(40(29(24)15-23)18-21-4-5-21)34-37-27-14-26(17-31(44-3)33(27)38(34)2)35(43)41-19-25-8-9-28(41)32(25)36/h6-7,14-17,21-22,25,28,32H,4-5,8-13,18-19,36H2,1-3H3/t25-,28-,32-/m1/s1. The van der Waals surface area contributed by atoms with Crippen molar-refractivity contribution in [2.75, 3.05) is 26.7 Å². The summed E-state index contributed by atoms with van der Waals surface area (Å²) in [6.45, 7) is 5.01. The van der Waals surface area contributed by atoms with Crippen molar-refractivity contribution in [1.82, 2.24) is 23.9 Å².